The van der Waals surface area contributed by atoms with Crippen LogP contribution in [-0.4, -0.2) is 47.3 Å². The van der Waals surface area contributed by atoms with Crippen LogP contribution < -0.4 is 19.5 Å². The Hall–Kier alpha value is -2.78. The number of amides is 1. The molecule has 0 radical (unpaired) electrons. The number of hydrogen-bond acceptors (Lipinski definition) is 6. The van der Waals surface area contributed by atoms with Gasteiger partial charge in [0, 0.05) is 37.1 Å². The summed E-state index contributed by atoms with van der Waals surface area (Å²) in [5.74, 6) is 0.689. The zero-order chi connectivity index (χ0) is 20.9. The molecule has 0 spiro atoms. The number of fused-ring (bicyclic) bond motifs is 1. The fourth-order valence-corrected chi connectivity index (χ4v) is 3.84. The molecule has 2 aromatic carbocycles. The van der Waals surface area contributed by atoms with Gasteiger partial charge in [-0.3, -0.25) is 9.52 Å². The van der Waals surface area contributed by atoms with Crippen molar-refractivity contribution < 1.29 is 27.4 Å². The highest BCUT2D eigenvalue weighted by Gasteiger charge is 2.20. The number of nitrogens with one attached hydrogen (secondary N) is 2. The predicted molar refractivity (Wildman–Crippen MR) is 108 cm³/mol. The molecule has 8 nitrogen and oxygen atoms in total. The molecular weight excluding hydrogens is 396 g/mol. The number of sulfonamides is 1. The molecule has 2 aromatic rings. The number of carbonyl (C=O) groups excluding carboxylic acids is 1. The molecule has 156 valence electrons. The molecule has 0 saturated carbocycles. The van der Waals surface area contributed by atoms with Crippen molar-refractivity contribution >= 4 is 21.6 Å². The minimum atomic E-state index is -3.81. The Morgan fingerprint density at radius 1 is 1.10 bits per heavy atom. The normalized spacial score (nSPS) is 14.1. The molecule has 2 N–H and O–H groups in total. The van der Waals surface area contributed by atoms with Gasteiger partial charge in [0.1, 0.15) is 13.2 Å². The number of hydrogen-bond donors (Lipinski definition) is 2. The molecule has 1 atom stereocenters. The number of methoxy groups -OCH3 is 1. The SMILES string of the molecule is COCCC(C)NC(=O)c1ccc(NS(=O)(=O)c2ccc3c(c2)OCCO3)cc1. The summed E-state index contributed by atoms with van der Waals surface area (Å²) in [4.78, 5) is 12.3. The van der Waals surface area contributed by atoms with Gasteiger partial charge in [-0.25, -0.2) is 8.42 Å². The van der Waals surface area contributed by atoms with Gasteiger partial charge in [0.15, 0.2) is 11.5 Å². The highest BCUT2D eigenvalue weighted by Crippen LogP contribution is 2.32. The quantitative estimate of drug-likeness (QED) is 0.680. The highest BCUT2D eigenvalue weighted by molar-refractivity contribution is 7.92. The molecule has 1 aliphatic heterocycles. The summed E-state index contributed by atoms with van der Waals surface area (Å²) in [7, 11) is -2.20. The molecule has 1 heterocycles. The van der Waals surface area contributed by atoms with E-state index in [1.165, 1.54) is 12.1 Å². The number of benzene rings is 2. The summed E-state index contributed by atoms with van der Waals surface area (Å²) >= 11 is 0. The maximum atomic E-state index is 12.7. The largest absolute Gasteiger partial charge is 0.486 e. The molecule has 0 fully saturated rings. The van der Waals surface area contributed by atoms with E-state index in [1.807, 2.05) is 6.92 Å². The monoisotopic (exact) mass is 420 g/mol. The van der Waals surface area contributed by atoms with Gasteiger partial charge in [0.2, 0.25) is 0 Å². The molecular formula is C20H24N2O6S. The summed E-state index contributed by atoms with van der Waals surface area (Å²) in [5.41, 5.74) is 0.792. The number of ether oxygens (including phenoxy) is 3. The Labute approximate surface area is 170 Å². The first-order valence-corrected chi connectivity index (χ1v) is 10.7. The second-order valence-corrected chi connectivity index (χ2v) is 8.33. The smallest absolute Gasteiger partial charge is 0.262 e. The molecule has 29 heavy (non-hydrogen) atoms. The summed E-state index contributed by atoms with van der Waals surface area (Å²) in [5, 5.41) is 2.87. The third kappa shape index (κ3) is 5.39. The first kappa shape index (κ1) is 20.9. The lowest BCUT2D eigenvalue weighted by Gasteiger charge is -2.19. The maximum absolute atomic E-state index is 12.7. The average molecular weight is 420 g/mol. The van der Waals surface area contributed by atoms with Crippen LogP contribution >= 0.6 is 0 Å². The van der Waals surface area contributed by atoms with Gasteiger partial charge in [0.25, 0.3) is 15.9 Å². The van der Waals surface area contributed by atoms with Gasteiger partial charge in [-0.15, -0.1) is 0 Å². The predicted octanol–water partition coefficient (Wildman–Crippen LogP) is 2.41. The van der Waals surface area contributed by atoms with Gasteiger partial charge < -0.3 is 19.5 Å². The highest BCUT2D eigenvalue weighted by atomic mass is 32.2. The molecule has 0 saturated heterocycles. The fraction of sp³-hybridized carbons (Fsp3) is 0.350. The lowest BCUT2D eigenvalue weighted by molar-refractivity contribution is 0.0929. The fourth-order valence-electron chi connectivity index (χ4n) is 2.77. The summed E-state index contributed by atoms with van der Waals surface area (Å²) < 4.78 is 43.7. The van der Waals surface area contributed by atoms with E-state index >= 15 is 0 Å². The van der Waals surface area contributed by atoms with Crippen LogP contribution in [0.5, 0.6) is 11.5 Å². The van der Waals surface area contributed by atoms with Crippen LogP contribution in [-0.2, 0) is 14.8 Å². The average Bonchev–Trinajstić information content (AvgIpc) is 2.72. The molecule has 1 amide bonds. The Bertz CT molecular complexity index is 959. The Morgan fingerprint density at radius 2 is 1.79 bits per heavy atom. The van der Waals surface area contributed by atoms with Crippen molar-refractivity contribution in [2.75, 3.05) is 31.7 Å². The Kier molecular flexibility index (Phi) is 6.60. The topological polar surface area (TPSA) is 103 Å². The van der Waals surface area contributed by atoms with E-state index < -0.39 is 10.0 Å². The lowest BCUT2D eigenvalue weighted by Crippen LogP contribution is -2.33. The van der Waals surface area contributed by atoms with Crippen molar-refractivity contribution in [3.63, 3.8) is 0 Å². The third-order valence-electron chi connectivity index (χ3n) is 4.36. The number of rotatable bonds is 8. The van der Waals surface area contributed by atoms with Crippen LogP contribution in [0.3, 0.4) is 0 Å². The van der Waals surface area contributed by atoms with Gasteiger partial charge >= 0.3 is 0 Å². The third-order valence-corrected chi connectivity index (χ3v) is 5.73. The molecule has 0 aliphatic carbocycles. The van der Waals surface area contributed by atoms with E-state index in [4.69, 9.17) is 14.2 Å². The van der Waals surface area contributed by atoms with Gasteiger partial charge in [-0.2, -0.15) is 0 Å². The van der Waals surface area contributed by atoms with Gasteiger partial charge in [0.05, 0.1) is 4.90 Å². The number of anilines is 1. The summed E-state index contributed by atoms with van der Waals surface area (Å²) in [6.45, 7) is 3.26. The van der Waals surface area contributed by atoms with Crippen molar-refractivity contribution in [3.05, 3.63) is 48.0 Å². The van der Waals surface area contributed by atoms with Crippen LogP contribution in [0.2, 0.25) is 0 Å². The lowest BCUT2D eigenvalue weighted by atomic mass is 10.1. The van der Waals surface area contributed by atoms with Crippen LogP contribution in [0.1, 0.15) is 23.7 Å². The molecule has 0 bridgehead atoms. The standard InChI is InChI=1S/C20H24N2O6S/c1-14(9-10-26-2)21-20(23)15-3-5-16(6-4-15)22-29(24,25)17-7-8-18-19(13-17)28-12-11-27-18/h3-8,13-14,22H,9-12H2,1-2H3,(H,21,23). The van der Waals surface area contributed by atoms with Crippen molar-refractivity contribution in [2.24, 2.45) is 0 Å². The van der Waals surface area contributed by atoms with Gasteiger partial charge in [-0.1, -0.05) is 0 Å². The zero-order valence-electron chi connectivity index (χ0n) is 16.3. The molecule has 3 rings (SSSR count). The molecule has 0 aromatic heterocycles. The Morgan fingerprint density at radius 3 is 2.48 bits per heavy atom. The van der Waals surface area contributed by atoms with E-state index in [0.717, 1.165) is 0 Å². The first-order chi connectivity index (χ1) is 13.9. The maximum Gasteiger partial charge on any atom is 0.262 e. The van der Waals surface area contributed by atoms with E-state index in [2.05, 4.69) is 10.0 Å². The van der Waals surface area contributed by atoms with E-state index in [9.17, 15) is 13.2 Å². The molecule has 9 heteroatoms. The summed E-state index contributed by atoms with van der Waals surface area (Å²) in [6, 6.07) is 10.7. The van der Waals surface area contributed by atoms with Crippen LogP contribution in [0, 0.1) is 0 Å². The van der Waals surface area contributed by atoms with E-state index in [-0.39, 0.29) is 16.8 Å². The van der Waals surface area contributed by atoms with Crippen LogP contribution in [0.15, 0.2) is 47.4 Å². The van der Waals surface area contributed by atoms with E-state index in [0.29, 0.717) is 49.0 Å². The Balaban J connectivity index is 1.66. The van der Waals surface area contributed by atoms with Crippen molar-refractivity contribution in [1.82, 2.24) is 5.32 Å². The molecule has 1 aliphatic rings. The number of carbonyl (C=O) groups is 1. The second kappa shape index (κ2) is 9.15. The molecule has 1 unspecified atom stereocenters. The van der Waals surface area contributed by atoms with Crippen molar-refractivity contribution in [3.8, 4) is 11.5 Å². The zero-order valence-corrected chi connectivity index (χ0v) is 17.1. The summed E-state index contributed by atoms with van der Waals surface area (Å²) in [6.07, 6.45) is 0.704. The van der Waals surface area contributed by atoms with E-state index in [1.54, 1.807) is 37.4 Å². The minimum absolute atomic E-state index is 0.0316. The first-order valence-electron chi connectivity index (χ1n) is 9.21. The van der Waals surface area contributed by atoms with Gasteiger partial charge in [-0.05, 0) is 49.7 Å². The van der Waals surface area contributed by atoms with Crippen LogP contribution in [0.4, 0.5) is 5.69 Å². The van der Waals surface area contributed by atoms with Crippen molar-refractivity contribution in [2.45, 2.75) is 24.3 Å². The second-order valence-electron chi connectivity index (χ2n) is 6.64. The van der Waals surface area contributed by atoms with Crippen molar-refractivity contribution in [1.29, 1.82) is 0 Å². The van der Waals surface area contributed by atoms with Crippen LogP contribution in [0.25, 0.3) is 0 Å². The minimum Gasteiger partial charge on any atom is -0.486 e.